The zero-order valence-electron chi connectivity index (χ0n) is 41.3. The maximum absolute atomic E-state index is 13.2. The number of hydrogen-bond donors (Lipinski definition) is 3. The van der Waals surface area contributed by atoms with Crippen molar-refractivity contribution >= 4 is 11.9 Å². The standard InChI is InChI=1S/C55H107NO5/c1-4-7-10-13-16-19-22-24-26-28-29-32-34-37-40-43-46-51(61-55(60)48-45-42-39-36-31-21-18-15-12-9-6-3)49-54(59)56-52(50-57)53(58)47-44-41-38-35-33-30-27-25-23-20-17-14-11-8-5-2/h29,32,51-53,57-58H,4-28,30-31,33-50H2,1-3H3,(H,56,59)/b32-29+. The number of unbranched alkanes of at least 4 members (excludes halogenated alkanes) is 36. The molecule has 0 aliphatic heterocycles. The lowest BCUT2D eigenvalue weighted by Crippen LogP contribution is -2.46. The average Bonchev–Trinajstić information content (AvgIpc) is 3.25. The third kappa shape index (κ3) is 45.0. The summed E-state index contributed by atoms with van der Waals surface area (Å²) in [5, 5.41) is 23.8. The number of aliphatic hydroxyl groups excluding tert-OH is 2. The minimum Gasteiger partial charge on any atom is -0.462 e. The molecule has 362 valence electrons. The Morgan fingerprint density at radius 2 is 0.787 bits per heavy atom. The molecule has 0 saturated carbocycles. The summed E-state index contributed by atoms with van der Waals surface area (Å²) < 4.78 is 5.93. The summed E-state index contributed by atoms with van der Waals surface area (Å²) >= 11 is 0. The molecule has 0 aromatic heterocycles. The lowest BCUT2D eigenvalue weighted by molar-refractivity contribution is -0.151. The number of hydrogen-bond acceptors (Lipinski definition) is 5. The van der Waals surface area contributed by atoms with Crippen molar-refractivity contribution < 1.29 is 24.5 Å². The van der Waals surface area contributed by atoms with E-state index in [2.05, 4.69) is 38.2 Å². The van der Waals surface area contributed by atoms with Crippen LogP contribution in [0.4, 0.5) is 0 Å². The second kappa shape index (κ2) is 49.6. The van der Waals surface area contributed by atoms with Crippen molar-refractivity contribution in [2.75, 3.05) is 6.61 Å². The van der Waals surface area contributed by atoms with Gasteiger partial charge >= 0.3 is 5.97 Å². The van der Waals surface area contributed by atoms with Crippen LogP contribution >= 0.6 is 0 Å². The summed E-state index contributed by atoms with van der Waals surface area (Å²) in [6.07, 6.45) is 55.6. The Morgan fingerprint density at radius 1 is 0.459 bits per heavy atom. The van der Waals surface area contributed by atoms with Crippen molar-refractivity contribution in [3.05, 3.63) is 12.2 Å². The summed E-state index contributed by atoms with van der Waals surface area (Å²) in [5.74, 6) is -0.471. The molecule has 3 N–H and O–H groups in total. The second-order valence-electron chi connectivity index (χ2n) is 19.0. The summed E-state index contributed by atoms with van der Waals surface area (Å²) in [7, 11) is 0. The Hall–Kier alpha value is -1.40. The van der Waals surface area contributed by atoms with Gasteiger partial charge in [-0.3, -0.25) is 9.59 Å². The molecule has 3 unspecified atom stereocenters. The smallest absolute Gasteiger partial charge is 0.306 e. The third-order valence-corrected chi connectivity index (χ3v) is 12.8. The highest BCUT2D eigenvalue weighted by Crippen LogP contribution is 2.18. The summed E-state index contributed by atoms with van der Waals surface area (Å²) in [6, 6.07) is -0.700. The van der Waals surface area contributed by atoms with E-state index in [0.717, 1.165) is 57.8 Å². The zero-order chi connectivity index (χ0) is 44.5. The Labute approximate surface area is 380 Å². The molecular weight excluding hydrogens is 755 g/mol. The Morgan fingerprint density at radius 3 is 1.18 bits per heavy atom. The lowest BCUT2D eigenvalue weighted by atomic mass is 10.0. The second-order valence-corrected chi connectivity index (χ2v) is 19.0. The fourth-order valence-electron chi connectivity index (χ4n) is 8.66. The van der Waals surface area contributed by atoms with Crippen LogP contribution in [0.15, 0.2) is 12.2 Å². The number of carbonyl (C=O) groups excluding carboxylic acids is 2. The van der Waals surface area contributed by atoms with Crippen LogP contribution < -0.4 is 5.32 Å². The van der Waals surface area contributed by atoms with Gasteiger partial charge in [0.05, 0.1) is 25.2 Å². The van der Waals surface area contributed by atoms with Crippen molar-refractivity contribution in [2.24, 2.45) is 0 Å². The van der Waals surface area contributed by atoms with Gasteiger partial charge in [0.1, 0.15) is 6.10 Å². The maximum atomic E-state index is 13.2. The van der Waals surface area contributed by atoms with E-state index in [-0.39, 0.29) is 24.9 Å². The van der Waals surface area contributed by atoms with Gasteiger partial charge in [0.2, 0.25) is 5.91 Å². The van der Waals surface area contributed by atoms with E-state index in [1.165, 1.54) is 199 Å². The first-order valence-corrected chi connectivity index (χ1v) is 27.4. The quantitative estimate of drug-likeness (QED) is 0.0322. The largest absolute Gasteiger partial charge is 0.462 e. The van der Waals surface area contributed by atoms with E-state index in [9.17, 15) is 19.8 Å². The molecule has 6 nitrogen and oxygen atoms in total. The SMILES string of the molecule is CCCCCCCCCCC/C=C/CCCCCC(CC(=O)NC(CO)C(O)CCCCCCCCCCCCCCCCC)OC(=O)CCCCCCCCCCCCC. The molecular formula is C55H107NO5. The van der Waals surface area contributed by atoms with E-state index >= 15 is 0 Å². The first-order chi connectivity index (χ1) is 30.0. The number of ether oxygens (including phenoxy) is 1. The van der Waals surface area contributed by atoms with Crippen molar-refractivity contribution in [3.8, 4) is 0 Å². The molecule has 0 heterocycles. The fraction of sp³-hybridized carbons (Fsp3) is 0.927. The average molecular weight is 862 g/mol. The molecule has 0 saturated heterocycles. The molecule has 0 spiro atoms. The van der Waals surface area contributed by atoms with Gasteiger partial charge in [-0.25, -0.2) is 0 Å². The number of aliphatic hydroxyl groups is 2. The topological polar surface area (TPSA) is 95.9 Å². The van der Waals surface area contributed by atoms with E-state index in [1.54, 1.807) is 0 Å². The van der Waals surface area contributed by atoms with E-state index in [0.29, 0.717) is 19.3 Å². The number of carbonyl (C=O) groups is 2. The van der Waals surface area contributed by atoms with Crippen LogP contribution in [0.25, 0.3) is 0 Å². The molecule has 0 aromatic carbocycles. The number of allylic oxidation sites excluding steroid dienone is 2. The molecule has 1 amide bonds. The molecule has 0 fully saturated rings. The van der Waals surface area contributed by atoms with Crippen molar-refractivity contribution in [3.63, 3.8) is 0 Å². The van der Waals surface area contributed by atoms with Gasteiger partial charge in [0.25, 0.3) is 0 Å². The number of esters is 1. The van der Waals surface area contributed by atoms with Gasteiger partial charge < -0.3 is 20.3 Å². The molecule has 6 heteroatoms. The summed E-state index contributed by atoms with van der Waals surface area (Å²) in [6.45, 7) is 6.51. The minimum atomic E-state index is -0.786. The number of rotatable bonds is 50. The van der Waals surface area contributed by atoms with Crippen LogP contribution in [0.5, 0.6) is 0 Å². The molecule has 3 atom stereocenters. The van der Waals surface area contributed by atoms with Crippen molar-refractivity contribution in [1.29, 1.82) is 0 Å². The molecule has 61 heavy (non-hydrogen) atoms. The van der Waals surface area contributed by atoms with Crippen LogP contribution in [0.1, 0.15) is 303 Å². The van der Waals surface area contributed by atoms with Gasteiger partial charge in [-0.2, -0.15) is 0 Å². The molecule has 0 aliphatic carbocycles. The maximum Gasteiger partial charge on any atom is 0.306 e. The van der Waals surface area contributed by atoms with E-state index < -0.39 is 18.2 Å². The van der Waals surface area contributed by atoms with Crippen LogP contribution in [-0.2, 0) is 14.3 Å². The molecule has 0 aliphatic rings. The van der Waals surface area contributed by atoms with Gasteiger partial charge in [-0.15, -0.1) is 0 Å². The third-order valence-electron chi connectivity index (χ3n) is 12.8. The van der Waals surface area contributed by atoms with Gasteiger partial charge in [-0.1, -0.05) is 251 Å². The van der Waals surface area contributed by atoms with E-state index in [1.807, 2.05) is 0 Å². The van der Waals surface area contributed by atoms with Gasteiger partial charge in [-0.05, 0) is 51.4 Å². The molecule has 0 aromatic rings. The normalized spacial score (nSPS) is 13.2. The molecule has 0 rings (SSSR count). The summed E-state index contributed by atoms with van der Waals surface area (Å²) in [4.78, 5) is 26.1. The first-order valence-electron chi connectivity index (χ1n) is 27.4. The molecule has 0 radical (unpaired) electrons. The van der Waals surface area contributed by atoms with E-state index in [4.69, 9.17) is 4.74 Å². The minimum absolute atomic E-state index is 0.0742. The van der Waals surface area contributed by atoms with Crippen molar-refractivity contribution in [2.45, 2.75) is 322 Å². The Balaban J connectivity index is 4.52. The molecule has 0 bridgehead atoms. The van der Waals surface area contributed by atoms with Crippen LogP contribution in [0, 0.1) is 0 Å². The van der Waals surface area contributed by atoms with Crippen LogP contribution in [0.3, 0.4) is 0 Å². The summed E-state index contributed by atoms with van der Waals surface area (Å²) in [5.41, 5.74) is 0. The van der Waals surface area contributed by atoms with Crippen molar-refractivity contribution in [1.82, 2.24) is 5.32 Å². The highest BCUT2D eigenvalue weighted by Gasteiger charge is 2.24. The lowest BCUT2D eigenvalue weighted by Gasteiger charge is -2.24. The fourth-order valence-corrected chi connectivity index (χ4v) is 8.66. The monoisotopic (exact) mass is 862 g/mol. The zero-order valence-corrected chi connectivity index (χ0v) is 41.3. The van der Waals surface area contributed by atoms with Crippen LogP contribution in [0.2, 0.25) is 0 Å². The predicted molar refractivity (Wildman–Crippen MR) is 264 cm³/mol. The first kappa shape index (κ1) is 59.6. The van der Waals surface area contributed by atoms with Gasteiger partial charge in [0.15, 0.2) is 0 Å². The highest BCUT2D eigenvalue weighted by molar-refractivity contribution is 5.77. The number of nitrogens with one attached hydrogen (secondary N) is 1. The van der Waals surface area contributed by atoms with Crippen LogP contribution in [-0.4, -0.2) is 46.9 Å². The highest BCUT2D eigenvalue weighted by atomic mass is 16.5. The van der Waals surface area contributed by atoms with Gasteiger partial charge in [0, 0.05) is 6.42 Å². The Kier molecular flexibility index (Phi) is 48.5. The predicted octanol–water partition coefficient (Wildman–Crippen LogP) is 16.5. The Bertz CT molecular complexity index is 924. The number of amides is 1.